The number of hydrogen-bond acceptors (Lipinski definition) is 4. The molecule has 5 nitrogen and oxygen atoms in total. The van der Waals surface area contributed by atoms with Crippen molar-refractivity contribution in [2.24, 2.45) is 0 Å². The summed E-state index contributed by atoms with van der Waals surface area (Å²) in [5.74, 6) is -1.21. The predicted molar refractivity (Wildman–Crippen MR) is 96.7 cm³/mol. The van der Waals surface area contributed by atoms with Gasteiger partial charge in [-0.1, -0.05) is 11.6 Å². The number of aromatic nitrogens is 2. The standard InChI is InChI=1S/C19H18ClFN2O3/c1-19(2,3)26-18(25)10-4-6-14(21)12(8-10)16(24)13-9-22-17-11(13)5-7-15(20)23-17/h4-9,16,24H,1-3H3,(H,22,23). The number of H-pyrrole nitrogens is 1. The highest BCUT2D eigenvalue weighted by Crippen LogP contribution is 2.31. The number of aromatic amines is 1. The van der Waals surface area contributed by atoms with Crippen LogP contribution in [0.2, 0.25) is 5.15 Å². The Morgan fingerprint density at radius 1 is 1.27 bits per heavy atom. The van der Waals surface area contributed by atoms with Gasteiger partial charge in [0.1, 0.15) is 28.3 Å². The Kier molecular flexibility index (Phi) is 4.73. The highest BCUT2D eigenvalue weighted by molar-refractivity contribution is 6.29. The number of nitrogens with zero attached hydrogens (tertiary/aromatic N) is 1. The zero-order valence-electron chi connectivity index (χ0n) is 14.5. The maximum atomic E-state index is 14.3. The molecule has 136 valence electrons. The number of nitrogens with one attached hydrogen (secondary N) is 1. The van der Waals surface area contributed by atoms with Crippen LogP contribution in [0, 0.1) is 5.82 Å². The van der Waals surface area contributed by atoms with Gasteiger partial charge in [0.15, 0.2) is 0 Å². The third-order valence-electron chi connectivity index (χ3n) is 3.76. The van der Waals surface area contributed by atoms with Crippen LogP contribution in [0.3, 0.4) is 0 Å². The molecule has 0 saturated carbocycles. The molecule has 0 aliphatic heterocycles. The van der Waals surface area contributed by atoms with Gasteiger partial charge < -0.3 is 14.8 Å². The Morgan fingerprint density at radius 3 is 2.69 bits per heavy atom. The number of pyridine rings is 1. The van der Waals surface area contributed by atoms with Crippen molar-refractivity contribution in [2.75, 3.05) is 0 Å². The molecule has 0 aliphatic carbocycles. The van der Waals surface area contributed by atoms with E-state index in [1.807, 2.05) is 0 Å². The van der Waals surface area contributed by atoms with E-state index >= 15 is 0 Å². The highest BCUT2D eigenvalue weighted by atomic mass is 35.5. The first kappa shape index (κ1) is 18.4. The van der Waals surface area contributed by atoms with E-state index in [9.17, 15) is 14.3 Å². The van der Waals surface area contributed by atoms with Crippen molar-refractivity contribution in [3.05, 3.63) is 64.2 Å². The van der Waals surface area contributed by atoms with Gasteiger partial charge >= 0.3 is 5.97 Å². The normalized spacial score (nSPS) is 13.0. The van der Waals surface area contributed by atoms with E-state index in [2.05, 4.69) is 9.97 Å². The van der Waals surface area contributed by atoms with Crippen molar-refractivity contribution >= 4 is 28.6 Å². The molecule has 0 amide bonds. The van der Waals surface area contributed by atoms with E-state index in [0.717, 1.165) is 6.07 Å². The van der Waals surface area contributed by atoms with Crippen LogP contribution in [-0.2, 0) is 4.74 Å². The van der Waals surface area contributed by atoms with Gasteiger partial charge in [0.25, 0.3) is 0 Å². The Labute approximate surface area is 154 Å². The topological polar surface area (TPSA) is 75.2 Å². The lowest BCUT2D eigenvalue weighted by Gasteiger charge is -2.20. The monoisotopic (exact) mass is 376 g/mol. The van der Waals surface area contributed by atoms with Crippen molar-refractivity contribution < 1.29 is 19.0 Å². The summed E-state index contributed by atoms with van der Waals surface area (Å²) in [6.45, 7) is 5.23. The maximum absolute atomic E-state index is 14.3. The fourth-order valence-electron chi connectivity index (χ4n) is 2.61. The van der Waals surface area contributed by atoms with E-state index in [1.165, 1.54) is 18.3 Å². The van der Waals surface area contributed by atoms with Crippen LogP contribution in [0.1, 0.15) is 48.4 Å². The van der Waals surface area contributed by atoms with Crippen LogP contribution in [0.25, 0.3) is 11.0 Å². The molecule has 3 rings (SSSR count). The van der Waals surface area contributed by atoms with Crippen LogP contribution >= 0.6 is 11.6 Å². The van der Waals surface area contributed by atoms with Gasteiger partial charge in [0.05, 0.1) is 5.56 Å². The summed E-state index contributed by atoms with van der Waals surface area (Å²) in [7, 11) is 0. The van der Waals surface area contributed by atoms with Crippen LogP contribution in [-0.4, -0.2) is 26.6 Å². The van der Waals surface area contributed by atoms with Crippen molar-refractivity contribution in [2.45, 2.75) is 32.5 Å². The van der Waals surface area contributed by atoms with Crippen molar-refractivity contribution in [1.29, 1.82) is 0 Å². The number of halogens is 2. The predicted octanol–water partition coefficient (Wildman–Crippen LogP) is 4.39. The summed E-state index contributed by atoms with van der Waals surface area (Å²) in [4.78, 5) is 19.2. The second-order valence-electron chi connectivity index (χ2n) is 6.91. The molecule has 7 heteroatoms. The number of hydrogen-bond donors (Lipinski definition) is 2. The summed E-state index contributed by atoms with van der Waals surface area (Å²) >= 11 is 5.85. The quantitative estimate of drug-likeness (QED) is 0.525. The van der Waals surface area contributed by atoms with Crippen LogP contribution in [0.5, 0.6) is 0 Å². The van der Waals surface area contributed by atoms with E-state index in [4.69, 9.17) is 16.3 Å². The van der Waals surface area contributed by atoms with Crippen LogP contribution < -0.4 is 0 Å². The molecule has 0 aliphatic rings. The Bertz CT molecular complexity index is 979. The molecule has 0 bridgehead atoms. The zero-order chi connectivity index (χ0) is 19.1. The SMILES string of the molecule is CC(C)(C)OC(=O)c1ccc(F)c(C(O)c2c[nH]c3nc(Cl)ccc23)c1. The number of benzene rings is 1. The molecule has 0 fully saturated rings. The smallest absolute Gasteiger partial charge is 0.338 e. The van der Waals surface area contributed by atoms with Crippen molar-refractivity contribution in [3.8, 4) is 0 Å². The third-order valence-corrected chi connectivity index (χ3v) is 3.97. The average molecular weight is 377 g/mol. The third kappa shape index (κ3) is 3.71. The number of aliphatic hydroxyl groups is 1. The lowest BCUT2D eigenvalue weighted by molar-refractivity contribution is 0.00692. The molecule has 0 spiro atoms. The summed E-state index contributed by atoms with van der Waals surface area (Å²) < 4.78 is 19.6. The summed E-state index contributed by atoms with van der Waals surface area (Å²) in [6, 6.07) is 7.05. The fourth-order valence-corrected chi connectivity index (χ4v) is 2.76. The number of carbonyl (C=O) groups excluding carboxylic acids is 1. The minimum Gasteiger partial charge on any atom is -0.456 e. The minimum absolute atomic E-state index is 0.0239. The summed E-state index contributed by atoms with van der Waals surface area (Å²) in [6.07, 6.45) is 0.257. The molecule has 0 radical (unpaired) electrons. The molecule has 3 aromatic rings. The Morgan fingerprint density at radius 2 is 2.00 bits per heavy atom. The van der Waals surface area contributed by atoms with Gasteiger partial charge in [-0.3, -0.25) is 0 Å². The first-order valence-electron chi connectivity index (χ1n) is 8.00. The molecule has 1 aromatic carbocycles. The number of aliphatic hydroxyl groups excluding tert-OH is 1. The molecule has 1 atom stereocenters. The van der Waals surface area contributed by atoms with Gasteiger partial charge in [0.2, 0.25) is 0 Å². The number of rotatable bonds is 3. The average Bonchev–Trinajstić information content (AvgIpc) is 2.95. The number of ether oxygens (including phenoxy) is 1. The molecule has 2 heterocycles. The summed E-state index contributed by atoms with van der Waals surface area (Å²) in [5.41, 5.74) is 0.381. The van der Waals surface area contributed by atoms with Gasteiger partial charge in [-0.15, -0.1) is 0 Å². The van der Waals surface area contributed by atoms with Crippen LogP contribution in [0.15, 0.2) is 36.5 Å². The van der Waals surface area contributed by atoms with Gasteiger partial charge in [-0.05, 0) is 51.1 Å². The summed E-state index contributed by atoms with van der Waals surface area (Å²) in [5, 5.41) is 11.6. The molecule has 1 unspecified atom stereocenters. The number of carbonyl (C=O) groups is 1. The van der Waals surface area contributed by atoms with E-state index in [0.29, 0.717) is 21.7 Å². The largest absolute Gasteiger partial charge is 0.456 e. The minimum atomic E-state index is -1.28. The van der Waals surface area contributed by atoms with E-state index < -0.39 is 23.5 Å². The van der Waals surface area contributed by atoms with E-state index in [-0.39, 0.29) is 11.1 Å². The van der Waals surface area contributed by atoms with Gasteiger partial charge in [-0.2, -0.15) is 0 Å². The van der Waals surface area contributed by atoms with Crippen LogP contribution in [0.4, 0.5) is 4.39 Å². The second-order valence-corrected chi connectivity index (χ2v) is 7.30. The van der Waals surface area contributed by atoms with Gasteiger partial charge in [-0.25, -0.2) is 14.2 Å². The second kappa shape index (κ2) is 6.70. The molecular formula is C19H18ClFN2O3. The van der Waals surface area contributed by atoms with E-state index in [1.54, 1.807) is 32.9 Å². The maximum Gasteiger partial charge on any atom is 0.338 e. The number of esters is 1. The molecular weight excluding hydrogens is 359 g/mol. The lowest BCUT2D eigenvalue weighted by Crippen LogP contribution is -2.24. The Balaban J connectivity index is 1.99. The number of fused-ring (bicyclic) bond motifs is 1. The fraction of sp³-hybridized carbons (Fsp3) is 0.263. The highest BCUT2D eigenvalue weighted by Gasteiger charge is 2.23. The first-order chi connectivity index (χ1) is 12.2. The Hall–Kier alpha value is -2.44. The molecule has 0 saturated heterocycles. The molecule has 2 N–H and O–H groups in total. The lowest BCUT2D eigenvalue weighted by atomic mass is 9.99. The molecule has 2 aromatic heterocycles. The van der Waals surface area contributed by atoms with Crippen molar-refractivity contribution in [1.82, 2.24) is 9.97 Å². The van der Waals surface area contributed by atoms with Crippen molar-refractivity contribution in [3.63, 3.8) is 0 Å². The zero-order valence-corrected chi connectivity index (χ0v) is 15.3. The van der Waals surface area contributed by atoms with Gasteiger partial charge in [0, 0.05) is 22.7 Å². The molecule has 26 heavy (non-hydrogen) atoms. The first-order valence-corrected chi connectivity index (χ1v) is 8.38.